The number of esters is 1. The minimum atomic E-state index is -0.443. The zero-order valence-corrected chi connectivity index (χ0v) is 12.5. The Morgan fingerprint density at radius 3 is 2.90 bits per heavy atom. The molecule has 0 amide bonds. The number of carbonyl (C=O) groups is 1. The lowest BCUT2D eigenvalue weighted by atomic mass is 9.79. The van der Waals surface area contributed by atoms with Crippen molar-refractivity contribution in [2.75, 3.05) is 14.2 Å². The van der Waals surface area contributed by atoms with E-state index in [1.165, 1.54) is 0 Å². The number of hydrogen-bond donors (Lipinski definition) is 0. The van der Waals surface area contributed by atoms with Crippen molar-refractivity contribution in [2.24, 2.45) is 0 Å². The second kappa shape index (κ2) is 4.66. The molecular weight excluding hydrogens is 270 g/mol. The van der Waals surface area contributed by atoms with Crippen LogP contribution in [-0.4, -0.2) is 55.1 Å². The average Bonchev–Trinajstić information content (AvgIpc) is 2.98. The second-order valence-corrected chi connectivity index (χ2v) is 6.32. The molecular formula is C16H21NO4. The SMILES string of the molecule is COC(OC)C1CCC2N1[C@@H]1C=CC3=CC(=O)O[C@@]32CC1. The molecule has 2 bridgehead atoms. The molecule has 5 nitrogen and oxygen atoms in total. The monoisotopic (exact) mass is 291 g/mol. The van der Waals surface area contributed by atoms with E-state index in [1.54, 1.807) is 20.3 Å². The Bertz CT molecular complexity index is 524. The molecule has 4 aliphatic heterocycles. The van der Waals surface area contributed by atoms with E-state index >= 15 is 0 Å². The van der Waals surface area contributed by atoms with Gasteiger partial charge in [-0.25, -0.2) is 4.79 Å². The standard InChI is InChI=1S/C16H21NO4/c1-19-15(20-2)12-5-6-13-16-8-7-11(17(12)13)4-3-10(16)9-14(18)21-16/h3-4,9,11-13,15H,5-8H2,1-2H3/t11-,12?,13?,16+/m1/s1. The van der Waals surface area contributed by atoms with E-state index in [1.807, 2.05) is 0 Å². The lowest BCUT2D eigenvalue weighted by molar-refractivity contribution is -0.172. The molecule has 0 radical (unpaired) electrons. The normalized spacial score (nSPS) is 41.0. The summed E-state index contributed by atoms with van der Waals surface area (Å²) in [5.74, 6) is -0.201. The van der Waals surface area contributed by atoms with E-state index in [0.717, 1.165) is 31.3 Å². The maximum Gasteiger partial charge on any atom is 0.332 e. The molecule has 5 heteroatoms. The number of piperidine rings is 1. The third-order valence-corrected chi connectivity index (χ3v) is 5.53. The Labute approximate surface area is 124 Å². The fourth-order valence-corrected chi connectivity index (χ4v) is 4.75. The van der Waals surface area contributed by atoms with Gasteiger partial charge >= 0.3 is 5.97 Å². The van der Waals surface area contributed by atoms with Gasteiger partial charge in [-0.3, -0.25) is 4.90 Å². The summed E-state index contributed by atoms with van der Waals surface area (Å²) in [4.78, 5) is 14.3. The lowest BCUT2D eigenvalue weighted by Crippen LogP contribution is -2.60. The molecule has 5 aliphatic rings. The Hall–Kier alpha value is -1.17. The van der Waals surface area contributed by atoms with Crippen LogP contribution < -0.4 is 0 Å². The summed E-state index contributed by atoms with van der Waals surface area (Å²) in [5, 5.41) is 0. The fraction of sp³-hybridized carbons (Fsp3) is 0.688. The van der Waals surface area contributed by atoms with Gasteiger partial charge in [-0.1, -0.05) is 12.2 Å². The molecule has 2 fully saturated rings. The highest BCUT2D eigenvalue weighted by molar-refractivity contribution is 5.88. The van der Waals surface area contributed by atoms with E-state index < -0.39 is 5.60 Å². The highest BCUT2D eigenvalue weighted by Crippen LogP contribution is 2.51. The summed E-state index contributed by atoms with van der Waals surface area (Å²) in [7, 11) is 3.37. The maximum atomic E-state index is 11.8. The van der Waals surface area contributed by atoms with Crippen LogP contribution in [0.25, 0.3) is 0 Å². The Balaban J connectivity index is 1.74. The van der Waals surface area contributed by atoms with E-state index in [-0.39, 0.29) is 24.3 Å². The smallest absolute Gasteiger partial charge is 0.332 e. The molecule has 1 spiro atoms. The first-order valence-electron chi connectivity index (χ1n) is 7.66. The Morgan fingerprint density at radius 2 is 2.14 bits per heavy atom. The van der Waals surface area contributed by atoms with Crippen LogP contribution in [0.3, 0.4) is 0 Å². The molecule has 0 aromatic carbocycles. The maximum absolute atomic E-state index is 11.8. The number of nitrogens with zero attached hydrogens (tertiary/aromatic N) is 1. The van der Waals surface area contributed by atoms with Gasteiger partial charge in [0.1, 0.15) is 0 Å². The van der Waals surface area contributed by atoms with Crippen LogP contribution in [0.4, 0.5) is 0 Å². The van der Waals surface area contributed by atoms with Crippen LogP contribution in [-0.2, 0) is 19.0 Å². The first kappa shape index (κ1) is 13.5. The summed E-state index contributed by atoms with van der Waals surface area (Å²) in [6, 6.07) is 0.836. The lowest BCUT2D eigenvalue weighted by Gasteiger charge is -2.48. The highest BCUT2D eigenvalue weighted by atomic mass is 16.7. The number of methoxy groups -OCH3 is 2. The largest absolute Gasteiger partial charge is 0.449 e. The summed E-state index contributed by atoms with van der Waals surface area (Å²) >= 11 is 0. The Kier molecular flexibility index (Phi) is 3.00. The summed E-state index contributed by atoms with van der Waals surface area (Å²) in [6.07, 6.45) is 9.69. The van der Waals surface area contributed by atoms with Crippen molar-refractivity contribution in [3.63, 3.8) is 0 Å². The van der Waals surface area contributed by atoms with E-state index in [0.29, 0.717) is 6.04 Å². The molecule has 2 unspecified atom stereocenters. The molecule has 114 valence electrons. The summed E-state index contributed by atoms with van der Waals surface area (Å²) < 4.78 is 16.8. The number of fused-ring (bicyclic) bond motifs is 1. The van der Waals surface area contributed by atoms with Gasteiger partial charge in [-0.15, -0.1) is 0 Å². The van der Waals surface area contributed by atoms with Gasteiger partial charge in [0.2, 0.25) is 0 Å². The van der Waals surface area contributed by atoms with Crippen molar-refractivity contribution in [1.82, 2.24) is 4.90 Å². The highest BCUT2D eigenvalue weighted by Gasteiger charge is 2.60. The van der Waals surface area contributed by atoms with Gasteiger partial charge in [-0.2, -0.15) is 0 Å². The van der Waals surface area contributed by atoms with Crippen molar-refractivity contribution < 1.29 is 19.0 Å². The minimum Gasteiger partial charge on any atom is -0.449 e. The zero-order valence-electron chi connectivity index (χ0n) is 12.5. The number of ether oxygens (including phenoxy) is 3. The predicted molar refractivity (Wildman–Crippen MR) is 75.5 cm³/mol. The van der Waals surface area contributed by atoms with Crippen LogP contribution in [0, 0.1) is 0 Å². The van der Waals surface area contributed by atoms with Crippen molar-refractivity contribution in [3.8, 4) is 0 Å². The molecule has 4 heterocycles. The number of carbonyl (C=O) groups excluding carboxylic acids is 1. The first-order valence-corrected chi connectivity index (χ1v) is 7.66. The summed E-state index contributed by atoms with van der Waals surface area (Å²) in [5.41, 5.74) is 0.607. The van der Waals surface area contributed by atoms with Crippen LogP contribution >= 0.6 is 0 Å². The first-order chi connectivity index (χ1) is 10.2. The van der Waals surface area contributed by atoms with Crippen molar-refractivity contribution in [3.05, 3.63) is 23.8 Å². The van der Waals surface area contributed by atoms with Gasteiger partial charge in [0, 0.05) is 31.9 Å². The van der Waals surface area contributed by atoms with Gasteiger partial charge in [0.05, 0.1) is 12.1 Å². The molecule has 21 heavy (non-hydrogen) atoms. The van der Waals surface area contributed by atoms with E-state index in [4.69, 9.17) is 14.2 Å². The quantitative estimate of drug-likeness (QED) is 0.581. The molecule has 0 aromatic rings. The van der Waals surface area contributed by atoms with Gasteiger partial charge in [-0.05, 0) is 25.7 Å². The molecule has 5 rings (SSSR count). The summed E-state index contributed by atoms with van der Waals surface area (Å²) in [6.45, 7) is 0. The van der Waals surface area contributed by atoms with Crippen LogP contribution in [0.5, 0.6) is 0 Å². The third kappa shape index (κ3) is 1.71. The average molecular weight is 291 g/mol. The van der Waals surface area contributed by atoms with Crippen molar-refractivity contribution >= 4 is 5.97 Å². The van der Waals surface area contributed by atoms with Gasteiger partial charge in [0.15, 0.2) is 11.9 Å². The number of rotatable bonds is 3. The molecule has 0 saturated carbocycles. The van der Waals surface area contributed by atoms with Crippen LogP contribution in [0.2, 0.25) is 0 Å². The zero-order chi connectivity index (χ0) is 14.6. The van der Waals surface area contributed by atoms with Crippen LogP contribution in [0.15, 0.2) is 23.8 Å². The molecule has 0 aromatic heterocycles. The van der Waals surface area contributed by atoms with Gasteiger partial charge < -0.3 is 14.2 Å². The minimum absolute atomic E-state index is 0.201. The Morgan fingerprint density at radius 1 is 1.33 bits per heavy atom. The second-order valence-electron chi connectivity index (χ2n) is 6.32. The molecule has 1 aliphatic carbocycles. The molecule has 4 atom stereocenters. The van der Waals surface area contributed by atoms with Gasteiger partial charge in [0.25, 0.3) is 0 Å². The van der Waals surface area contributed by atoms with E-state index in [9.17, 15) is 4.79 Å². The molecule has 0 N–H and O–H groups in total. The van der Waals surface area contributed by atoms with Crippen molar-refractivity contribution in [1.29, 1.82) is 0 Å². The predicted octanol–water partition coefficient (Wildman–Crippen LogP) is 1.39. The topological polar surface area (TPSA) is 48.0 Å². The number of hydrogen-bond acceptors (Lipinski definition) is 5. The van der Waals surface area contributed by atoms with Crippen LogP contribution in [0.1, 0.15) is 25.7 Å². The van der Waals surface area contributed by atoms with E-state index in [2.05, 4.69) is 17.1 Å². The third-order valence-electron chi connectivity index (χ3n) is 5.53. The molecule has 2 saturated heterocycles. The fourth-order valence-electron chi connectivity index (χ4n) is 4.75. The van der Waals surface area contributed by atoms with Crippen molar-refractivity contribution in [2.45, 2.75) is 55.7 Å².